The van der Waals surface area contributed by atoms with Gasteiger partial charge in [0.25, 0.3) is 0 Å². The van der Waals surface area contributed by atoms with E-state index >= 15 is 0 Å². The average molecular weight is 337 g/mol. The van der Waals surface area contributed by atoms with Gasteiger partial charge in [-0.15, -0.1) is 0 Å². The molecule has 1 saturated heterocycles. The van der Waals surface area contributed by atoms with E-state index in [0.29, 0.717) is 12.1 Å². The largest absolute Gasteiger partial charge is 0.408 e. The summed E-state index contributed by atoms with van der Waals surface area (Å²) in [5.41, 5.74) is -1.22. The van der Waals surface area contributed by atoms with Crippen LogP contribution in [0, 0.1) is 11.6 Å². The third-order valence-electron chi connectivity index (χ3n) is 3.23. The van der Waals surface area contributed by atoms with Crippen LogP contribution in [0.2, 0.25) is 0 Å². The number of alkyl halides is 3. The van der Waals surface area contributed by atoms with Gasteiger partial charge in [-0.1, -0.05) is 6.07 Å². The number of nitrogens with zero attached hydrogens (tertiary/aromatic N) is 1. The number of rotatable bonds is 4. The number of carbonyl (C=O) groups is 2. The lowest BCUT2D eigenvalue weighted by atomic mass is 10.0. The molecule has 2 rings (SSSR count). The van der Waals surface area contributed by atoms with E-state index in [1.807, 2.05) is 0 Å². The summed E-state index contributed by atoms with van der Waals surface area (Å²) in [6.45, 7) is -0.690. The number of imide groups is 1. The molecule has 0 bridgehead atoms. The number of nitrogens with one attached hydrogen (secondary N) is 2. The molecule has 1 fully saturated rings. The van der Waals surface area contributed by atoms with Crippen molar-refractivity contribution in [1.82, 2.24) is 15.5 Å². The molecule has 0 unspecified atom stereocenters. The van der Waals surface area contributed by atoms with Crippen LogP contribution in [0.1, 0.15) is 11.6 Å². The first-order valence-electron chi connectivity index (χ1n) is 6.54. The summed E-state index contributed by atoms with van der Waals surface area (Å²) in [5.74, 6) is -3.69. The normalized spacial score (nSPS) is 16.4. The fourth-order valence-corrected chi connectivity index (χ4v) is 2.16. The second kappa shape index (κ2) is 6.49. The number of benzene rings is 1. The van der Waals surface area contributed by atoms with Gasteiger partial charge < -0.3 is 5.32 Å². The van der Waals surface area contributed by atoms with Crippen molar-refractivity contribution in [1.29, 1.82) is 0 Å². The standard InChI is InChI=1S/C13H12F5N3O2/c14-7-2-1-3-8(15)10(7)11(13(16,17)18)20-6-9(22)21-5-4-19-12(21)23/h1-3,11,20H,4-6H2,(H,19,23)/t11-/m0/s1. The summed E-state index contributed by atoms with van der Waals surface area (Å²) in [5, 5.41) is 4.09. The van der Waals surface area contributed by atoms with E-state index < -0.39 is 47.9 Å². The van der Waals surface area contributed by atoms with Gasteiger partial charge in [0.15, 0.2) is 0 Å². The molecular weight excluding hydrogens is 325 g/mol. The zero-order valence-electron chi connectivity index (χ0n) is 11.6. The van der Waals surface area contributed by atoms with Gasteiger partial charge in [-0.25, -0.2) is 13.6 Å². The van der Waals surface area contributed by atoms with Gasteiger partial charge in [0, 0.05) is 18.7 Å². The Balaban J connectivity index is 2.17. The molecule has 1 aliphatic rings. The van der Waals surface area contributed by atoms with Crippen LogP contribution >= 0.6 is 0 Å². The van der Waals surface area contributed by atoms with Crippen molar-refractivity contribution in [2.24, 2.45) is 0 Å². The third-order valence-corrected chi connectivity index (χ3v) is 3.23. The Hall–Kier alpha value is -2.23. The SMILES string of the molecule is O=C(CN[C@@H](c1c(F)cccc1F)C(F)(F)F)N1CCNC1=O. The highest BCUT2D eigenvalue weighted by atomic mass is 19.4. The first-order valence-corrected chi connectivity index (χ1v) is 6.54. The smallest absolute Gasteiger partial charge is 0.336 e. The molecule has 1 aromatic rings. The van der Waals surface area contributed by atoms with Crippen molar-refractivity contribution in [3.05, 3.63) is 35.4 Å². The fourth-order valence-electron chi connectivity index (χ4n) is 2.16. The Morgan fingerprint density at radius 2 is 1.91 bits per heavy atom. The van der Waals surface area contributed by atoms with Crippen LogP contribution < -0.4 is 10.6 Å². The predicted molar refractivity (Wildman–Crippen MR) is 68.3 cm³/mol. The molecule has 0 aromatic heterocycles. The molecule has 1 aliphatic heterocycles. The van der Waals surface area contributed by atoms with Crippen molar-refractivity contribution in [3.63, 3.8) is 0 Å². The Morgan fingerprint density at radius 1 is 1.30 bits per heavy atom. The summed E-state index contributed by atoms with van der Waals surface area (Å²) in [6, 6.07) is -1.12. The summed E-state index contributed by atoms with van der Waals surface area (Å²) in [4.78, 5) is 23.7. The second-order valence-corrected chi connectivity index (χ2v) is 4.77. The van der Waals surface area contributed by atoms with Gasteiger partial charge >= 0.3 is 12.2 Å². The van der Waals surface area contributed by atoms with Crippen LogP contribution in [0.3, 0.4) is 0 Å². The number of hydrogen-bond acceptors (Lipinski definition) is 3. The van der Waals surface area contributed by atoms with Gasteiger partial charge in [-0.2, -0.15) is 13.2 Å². The minimum atomic E-state index is -5.03. The first-order chi connectivity index (χ1) is 10.7. The highest BCUT2D eigenvalue weighted by molar-refractivity contribution is 5.96. The van der Waals surface area contributed by atoms with Crippen LogP contribution in [0.5, 0.6) is 0 Å². The predicted octanol–water partition coefficient (Wildman–Crippen LogP) is 1.71. The maximum Gasteiger partial charge on any atom is 0.408 e. The maximum atomic E-state index is 13.6. The summed E-state index contributed by atoms with van der Waals surface area (Å²) in [7, 11) is 0. The first kappa shape index (κ1) is 17.1. The number of amides is 3. The molecule has 0 radical (unpaired) electrons. The highest BCUT2D eigenvalue weighted by Gasteiger charge is 2.44. The van der Waals surface area contributed by atoms with Crippen LogP contribution in [0.4, 0.5) is 26.7 Å². The molecule has 0 aliphatic carbocycles. The molecule has 0 spiro atoms. The van der Waals surface area contributed by atoms with Gasteiger partial charge in [-0.3, -0.25) is 15.0 Å². The van der Waals surface area contributed by atoms with E-state index in [1.54, 1.807) is 5.32 Å². The van der Waals surface area contributed by atoms with Crippen LogP contribution in [-0.4, -0.2) is 42.6 Å². The van der Waals surface area contributed by atoms with Crippen molar-refractivity contribution in [3.8, 4) is 0 Å². The van der Waals surface area contributed by atoms with E-state index in [1.165, 1.54) is 0 Å². The Bertz CT molecular complexity index is 600. The zero-order valence-corrected chi connectivity index (χ0v) is 11.6. The summed E-state index contributed by atoms with van der Waals surface area (Å²) < 4.78 is 66.4. The molecule has 0 saturated carbocycles. The second-order valence-electron chi connectivity index (χ2n) is 4.77. The molecule has 3 amide bonds. The molecular formula is C13H12F5N3O2. The van der Waals surface area contributed by atoms with E-state index in [0.717, 1.165) is 11.0 Å². The molecule has 5 nitrogen and oxygen atoms in total. The topological polar surface area (TPSA) is 61.4 Å². The molecule has 2 N–H and O–H groups in total. The van der Waals surface area contributed by atoms with E-state index in [2.05, 4.69) is 5.32 Å². The molecule has 126 valence electrons. The minimum Gasteiger partial charge on any atom is -0.336 e. The Labute approximate surface area is 127 Å². The molecule has 10 heteroatoms. The van der Waals surface area contributed by atoms with Gasteiger partial charge in [-0.05, 0) is 12.1 Å². The molecule has 1 aromatic carbocycles. The number of hydrogen-bond donors (Lipinski definition) is 2. The summed E-state index contributed by atoms with van der Waals surface area (Å²) in [6.07, 6.45) is -5.03. The number of carbonyl (C=O) groups excluding carboxylic acids is 2. The number of halogens is 5. The molecule has 1 atom stereocenters. The average Bonchev–Trinajstić information content (AvgIpc) is 2.86. The summed E-state index contributed by atoms with van der Waals surface area (Å²) >= 11 is 0. The van der Waals surface area contributed by atoms with Crippen LogP contribution in [-0.2, 0) is 4.79 Å². The van der Waals surface area contributed by atoms with Crippen molar-refractivity contribution < 1.29 is 31.5 Å². The van der Waals surface area contributed by atoms with Gasteiger partial charge in [0.1, 0.15) is 17.7 Å². The third kappa shape index (κ3) is 3.76. The van der Waals surface area contributed by atoms with Crippen molar-refractivity contribution in [2.45, 2.75) is 12.2 Å². The minimum absolute atomic E-state index is 0.0179. The van der Waals surface area contributed by atoms with Crippen LogP contribution in [0.15, 0.2) is 18.2 Å². The Kier molecular flexibility index (Phi) is 4.83. The fraction of sp³-hybridized carbons (Fsp3) is 0.385. The lowest BCUT2D eigenvalue weighted by Crippen LogP contribution is -2.44. The van der Waals surface area contributed by atoms with Crippen LogP contribution in [0.25, 0.3) is 0 Å². The lowest BCUT2D eigenvalue weighted by molar-refractivity contribution is -0.160. The van der Waals surface area contributed by atoms with E-state index in [9.17, 15) is 31.5 Å². The maximum absolute atomic E-state index is 13.6. The highest BCUT2D eigenvalue weighted by Crippen LogP contribution is 2.35. The van der Waals surface area contributed by atoms with Crippen molar-refractivity contribution in [2.75, 3.05) is 19.6 Å². The quantitative estimate of drug-likeness (QED) is 0.823. The molecule has 23 heavy (non-hydrogen) atoms. The Morgan fingerprint density at radius 3 is 2.39 bits per heavy atom. The van der Waals surface area contributed by atoms with E-state index in [4.69, 9.17) is 0 Å². The zero-order chi connectivity index (χ0) is 17.2. The van der Waals surface area contributed by atoms with Gasteiger partial charge in [0.05, 0.1) is 6.54 Å². The molecule has 1 heterocycles. The lowest BCUT2D eigenvalue weighted by Gasteiger charge is -2.23. The monoisotopic (exact) mass is 337 g/mol. The van der Waals surface area contributed by atoms with Gasteiger partial charge in [0.2, 0.25) is 5.91 Å². The van der Waals surface area contributed by atoms with Crippen molar-refractivity contribution >= 4 is 11.9 Å². The number of urea groups is 1. The van der Waals surface area contributed by atoms with E-state index in [-0.39, 0.29) is 13.1 Å².